The fourth-order valence-electron chi connectivity index (χ4n) is 14.4. The minimum atomic E-state index is -0.0493. The Morgan fingerprint density at radius 1 is 0.557 bits per heavy atom. The fraction of sp³-hybridized carbons (Fsp3) is 0.429. The number of nitrogens with zero attached hydrogens (tertiary/aromatic N) is 3. The summed E-state index contributed by atoms with van der Waals surface area (Å²) in [7, 11) is 0. The summed E-state index contributed by atoms with van der Waals surface area (Å²) in [6.45, 7) is 25.2. The van der Waals surface area contributed by atoms with Crippen LogP contribution >= 0.6 is 11.3 Å². The number of para-hydroxylation sites is 1. The van der Waals surface area contributed by atoms with Crippen LogP contribution in [-0.4, -0.2) is 22.4 Å². The van der Waals surface area contributed by atoms with E-state index in [0.717, 1.165) is 0 Å². The van der Waals surface area contributed by atoms with Crippen molar-refractivity contribution < 1.29 is 0 Å². The van der Waals surface area contributed by atoms with Crippen molar-refractivity contribution in [3.05, 3.63) is 107 Å². The van der Waals surface area contributed by atoms with Crippen LogP contribution in [0.4, 0.5) is 22.7 Å². The lowest BCUT2D eigenvalue weighted by atomic mass is 9.33. The summed E-state index contributed by atoms with van der Waals surface area (Å²) in [4.78, 5) is 5.82. The first-order valence-electron chi connectivity index (χ1n) is 23.6. The van der Waals surface area contributed by atoms with Gasteiger partial charge in [-0.2, -0.15) is 0 Å². The Morgan fingerprint density at radius 3 is 1.90 bits per heavy atom. The lowest BCUT2D eigenvalue weighted by Crippen LogP contribution is -2.64. The zero-order chi connectivity index (χ0) is 42.0. The van der Waals surface area contributed by atoms with Crippen LogP contribution in [0.15, 0.2) is 84.9 Å². The number of rotatable bonds is 1. The molecule has 2 aromatic heterocycles. The smallest absolute Gasteiger partial charge is 0.252 e. The summed E-state index contributed by atoms with van der Waals surface area (Å²) >= 11 is 2.00. The first-order valence-corrected chi connectivity index (χ1v) is 24.4. The predicted molar refractivity (Wildman–Crippen MR) is 264 cm³/mol. The highest BCUT2D eigenvalue weighted by Gasteiger charge is 2.62. The molecule has 3 nitrogen and oxygen atoms in total. The molecule has 0 bridgehead atoms. The van der Waals surface area contributed by atoms with Gasteiger partial charge in [-0.25, -0.2) is 0 Å². The van der Waals surface area contributed by atoms with Gasteiger partial charge < -0.3 is 14.4 Å². The molecule has 5 aromatic carbocycles. The van der Waals surface area contributed by atoms with Gasteiger partial charge >= 0.3 is 0 Å². The molecule has 4 aliphatic heterocycles. The molecule has 0 N–H and O–H groups in total. The Bertz CT molecular complexity index is 3120. The van der Waals surface area contributed by atoms with E-state index in [1.165, 1.54) is 144 Å². The van der Waals surface area contributed by atoms with E-state index in [4.69, 9.17) is 0 Å². The van der Waals surface area contributed by atoms with Crippen LogP contribution in [0.5, 0.6) is 0 Å². The molecule has 2 saturated carbocycles. The molecular formula is C56H60BN3S. The van der Waals surface area contributed by atoms with E-state index in [-0.39, 0.29) is 39.5 Å². The maximum atomic E-state index is 2.97. The first kappa shape index (κ1) is 37.1. The molecule has 61 heavy (non-hydrogen) atoms. The van der Waals surface area contributed by atoms with Gasteiger partial charge in [-0.15, -0.1) is 11.3 Å². The number of thiophene rings is 1. The third-order valence-electron chi connectivity index (χ3n) is 18.1. The number of anilines is 4. The third kappa shape index (κ3) is 4.25. The van der Waals surface area contributed by atoms with Gasteiger partial charge in [-0.05, 0) is 119 Å². The molecule has 4 atom stereocenters. The van der Waals surface area contributed by atoms with Gasteiger partial charge in [-0.3, -0.25) is 0 Å². The molecule has 308 valence electrons. The van der Waals surface area contributed by atoms with Crippen LogP contribution in [0.2, 0.25) is 0 Å². The second kappa shape index (κ2) is 11.4. The molecule has 2 aliphatic carbocycles. The summed E-state index contributed by atoms with van der Waals surface area (Å²) in [6.07, 6.45) is 9.99. The van der Waals surface area contributed by atoms with Gasteiger partial charge in [-0.1, -0.05) is 136 Å². The lowest BCUT2D eigenvalue weighted by Gasteiger charge is -2.53. The van der Waals surface area contributed by atoms with E-state index < -0.39 is 0 Å². The SMILES string of the molecule is CC(C)(C)c1cc2c3c(c1)C1(C)CCCCC1(C)N3c1cc(N3c4ccccc4C4(C)CCCCC34C)cc3c1B2c1cc(C(C)(C)C)cc2c4sc5ccccc5c4n-3c12. The summed E-state index contributed by atoms with van der Waals surface area (Å²) in [5.74, 6) is 0. The summed E-state index contributed by atoms with van der Waals surface area (Å²) < 4.78 is 5.59. The Labute approximate surface area is 367 Å². The maximum absolute atomic E-state index is 2.97. The number of hydrogen-bond acceptors (Lipinski definition) is 3. The normalized spacial score (nSPS) is 27.1. The van der Waals surface area contributed by atoms with Crippen molar-refractivity contribution in [3.63, 3.8) is 0 Å². The van der Waals surface area contributed by atoms with E-state index in [1.54, 1.807) is 5.56 Å². The highest BCUT2D eigenvalue weighted by molar-refractivity contribution is 7.26. The standard InChI is InChI=1S/C56H60BN3S/c1-51(2,3)33-27-37-47-40(29-33)57-41-30-34(52(4,5)6)28-39-49(41)60(56(10)26-18-16-24-54(39,56)8)44-32-35(59-42-21-13-12-20-38(42)53(7)23-15-17-25-55(53,59)9)31-43(46(44)57)58(47)48-36-19-11-14-22-45(36)61-50(37)48/h11-14,19-22,27-32H,15-18,23-26H2,1-10H3. The van der Waals surface area contributed by atoms with E-state index in [0.29, 0.717) is 0 Å². The Hall–Kier alpha value is -4.48. The van der Waals surface area contributed by atoms with Crippen LogP contribution in [0.3, 0.4) is 0 Å². The van der Waals surface area contributed by atoms with Crippen molar-refractivity contribution in [1.82, 2.24) is 4.57 Å². The van der Waals surface area contributed by atoms with Gasteiger partial charge in [0.25, 0.3) is 6.71 Å². The van der Waals surface area contributed by atoms with Crippen LogP contribution < -0.4 is 26.2 Å². The molecule has 6 heterocycles. The van der Waals surface area contributed by atoms with Gasteiger partial charge in [0, 0.05) is 54.7 Å². The van der Waals surface area contributed by atoms with Crippen LogP contribution in [0, 0.1) is 0 Å². The molecule has 0 spiro atoms. The quantitative estimate of drug-likeness (QED) is 0.153. The van der Waals surface area contributed by atoms with Crippen LogP contribution in [-0.2, 0) is 21.7 Å². The molecule has 0 saturated heterocycles. The van der Waals surface area contributed by atoms with Crippen LogP contribution in [0.1, 0.15) is 143 Å². The van der Waals surface area contributed by atoms with Crippen molar-refractivity contribution in [1.29, 1.82) is 0 Å². The van der Waals surface area contributed by atoms with Crippen LogP contribution in [0.25, 0.3) is 36.9 Å². The number of fused-ring (bicyclic) bond motifs is 15. The number of hydrogen-bond donors (Lipinski definition) is 0. The molecule has 6 aliphatic rings. The Morgan fingerprint density at radius 2 is 1.16 bits per heavy atom. The highest BCUT2D eigenvalue weighted by Crippen LogP contribution is 2.64. The topological polar surface area (TPSA) is 11.4 Å². The van der Waals surface area contributed by atoms with Crippen molar-refractivity contribution >= 4 is 88.4 Å². The monoisotopic (exact) mass is 817 g/mol. The summed E-state index contributed by atoms with van der Waals surface area (Å²) in [5, 5.41) is 2.80. The van der Waals surface area contributed by atoms with E-state index >= 15 is 0 Å². The lowest BCUT2D eigenvalue weighted by molar-refractivity contribution is 0.194. The van der Waals surface area contributed by atoms with Gasteiger partial charge in [0.05, 0.1) is 26.8 Å². The van der Waals surface area contributed by atoms with Gasteiger partial charge in [0.1, 0.15) is 0 Å². The van der Waals surface area contributed by atoms with E-state index in [9.17, 15) is 0 Å². The molecule has 2 fully saturated rings. The average Bonchev–Trinajstić information content (AvgIpc) is 3.88. The van der Waals surface area contributed by atoms with Gasteiger partial charge in [0.15, 0.2) is 0 Å². The zero-order valence-electron chi connectivity index (χ0n) is 38.1. The molecule has 0 amide bonds. The largest absolute Gasteiger partial charge is 0.335 e. The first-order chi connectivity index (χ1) is 29.0. The van der Waals surface area contributed by atoms with E-state index in [2.05, 4.69) is 169 Å². The summed E-state index contributed by atoms with van der Waals surface area (Å²) in [6, 6.07) is 34.7. The molecule has 0 radical (unpaired) electrons. The second-order valence-corrected chi connectivity index (χ2v) is 24.2. The third-order valence-corrected chi connectivity index (χ3v) is 19.3. The molecule has 13 rings (SSSR count). The Balaban J connectivity index is 1.23. The molecular weight excluding hydrogens is 758 g/mol. The predicted octanol–water partition coefficient (Wildman–Crippen LogP) is 13.2. The second-order valence-electron chi connectivity index (χ2n) is 23.2. The van der Waals surface area contributed by atoms with Crippen molar-refractivity contribution in [3.8, 4) is 5.69 Å². The van der Waals surface area contributed by atoms with Crippen molar-refractivity contribution in [2.75, 3.05) is 9.80 Å². The molecule has 4 unspecified atom stereocenters. The minimum Gasteiger partial charge on any atom is -0.335 e. The van der Waals surface area contributed by atoms with Gasteiger partial charge in [0.2, 0.25) is 0 Å². The fourth-order valence-corrected chi connectivity index (χ4v) is 15.6. The molecule has 7 aromatic rings. The minimum absolute atomic E-state index is 0.000198. The molecule has 5 heteroatoms. The Kier molecular flexibility index (Phi) is 6.91. The van der Waals surface area contributed by atoms with Crippen molar-refractivity contribution in [2.45, 2.75) is 153 Å². The van der Waals surface area contributed by atoms with Crippen molar-refractivity contribution in [2.24, 2.45) is 0 Å². The summed E-state index contributed by atoms with van der Waals surface area (Å²) in [5.41, 5.74) is 20.6. The number of benzene rings is 5. The number of aromatic nitrogens is 1. The maximum Gasteiger partial charge on any atom is 0.252 e. The zero-order valence-corrected chi connectivity index (χ0v) is 38.9. The highest BCUT2D eigenvalue weighted by atomic mass is 32.1. The van der Waals surface area contributed by atoms with E-state index in [1.807, 2.05) is 11.3 Å². The average molecular weight is 818 g/mol.